The monoisotopic (exact) mass is 455 g/mol. The Balaban J connectivity index is -0.000000492. The van der Waals surface area contributed by atoms with E-state index in [1.165, 1.54) is 83.5 Å². The van der Waals surface area contributed by atoms with Gasteiger partial charge in [-0.05, 0) is 40.9 Å². The maximum absolute atomic E-state index is 2.49. The third kappa shape index (κ3) is 15.0. The van der Waals surface area contributed by atoms with Gasteiger partial charge in [0.25, 0.3) is 0 Å². The molecule has 0 rings (SSSR count). The number of rotatable bonds is 15. The number of hydrogen-bond donors (Lipinski definition) is 0. The molecular weight excluding hydrogens is 384 g/mol. The average molecular weight is 455 g/mol. The molecule has 0 bridgehead atoms. The van der Waals surface area contributed by atoms with Crippen LogP contribution < -0.4 is 0 Å². The van der Waals surface area contributed by atoms with Crippen molar-refractivity contribution >= 4 is 0 Å². The topological polar surface area (TPSA) is 0 Å². The summed E-state index contributed by atoms with van der Waals surface area (Å²) in [6, 6.07) is 0. The first-order chi connectivity index (χ1) is 15.0. The molecule has 0 heterocycles. The van der Waals surface area contributed by atoms with Crippen molar-refractivity contribution in [2.24, 2.45) is 28.1 Å². The van der Waals surface area contributed by atoms with E-state index in [1.54, 1.807) is 0 Å². The molecule has 0 saturated carbocycles. The van der Waals surface area contributed by atoms with E-state index >= 15 is 0 Å². The molecule has 0 amide bonds. The standard InChI is InChI=1S/C18H38.C8H18.C6H14/c1-8-17(9-2,10-3)14-16(7)15-18(11-4,12-5)13-6;1-5-8(4,6-2)7-3;1-4-6(3)5-2/h16H,8-15H2,1-7H3;5-7H2,1-4H3;6H,4-5H2,1-3H3. The Kier molecular flexibility index (Phi) is 23.3. The molecule has 0 saturated heterocycles. The smallest absolute Gasteiger partial charge is 0.0303 e. The minimum Gasteiger partial charge on any atom is -0.0651 e. The van der Waals surface area contributed by atoms with Gasteiger partial charge in [-0.3, -0.25) is 0 Å². The first-order valence-corrected chi connectivity index (χ1v) is 15.0. The van der Waals surface area contributed by atoms with Crippen molar-refractivity contribution < 1.29 is 0 Å². The summed E-state index contributed by atoms with van der Waals surface area (Å²) < 4.78 is 0. The van der Waals surface area contributed by atoms with E-state index in [9.17, 15) is 0 Å². The van der Waals surface area contributed by atoms with Crippen LogP contribution in [0.1, 0.15) is 180 Å². The molecule has 0 fully saturated rings. The summed E-state index contributed by atoms with van der Waals surface area (Å²) in [4.78, 5) is 0. The van der Waals surface area contributed by atoms with Crippen molar-refractivity contribution in [2.75, 3.05) is 0 Å². The third-order valence-electron chi connectivity index (χ3n) is 10.0. The van der Waals surface area contributed by atoms with Gasteiger partial charge in [0.1, 0.15) is 0 Å². The van der Waals surface area contributed by atoms with Crippen molar-refractivity contribution in [3.05, 3.63) is 0 Å². The largest absolute Gasteiger partial charge is 0.0651 e. The van der Waals surface area contributed by atoms with Gasteiger partial charge in [0, 0.05) is 0 Å². The van der Waals surface area contributed by atoms with E-state index in [4.69, 9.17) is 0 Å². The normalized spacial score (nSPS) is 12.4. The first-order valence-electron chi connectivity index (χ1n) is 15.0. The summed E-state index contributed by atoms with van der Waals surface area (Å²) in [5.41, 5.74) is 1.85. The molecule has 32 heavy (non-hydrogen) atoms. The fourth-order valence-corrected chi connectivity index (χ4v) is 4.96. The molecule has 0 unspecified atom stereocenters. The van der Waals surface area contributed by atoms with Gasteiger partial charge in [-0.15, -0.1) is 0 Å². The molecule has 198 valence electrons. The molecule has 0 nitrogen and oxygen atoms in total. The molecule has 0 atom stereocenters. The Bertz CT molecular complexity index is 317. The van der Waals surface area contributed by atoms with Crippen LogP contribution in [0.4, 0.5) is 0 Å². The Morgan fingerprint density at radius 1 is 0.406 bits per heavy atom. The van der Waals surface area contributed by atoms with Crippen LogP contribution in [-0.4, -0.2) is 0 Å². The van der Waals surface area contributed by atoms with Crippen LogP contribution in [-0.2, 0) is 0 Å². The van der Waals surface area contributed by atoms with Crippen LogP contribution in [0, 0.1) is 28.1 Å². The van der Waals surface area contributed by atoms with Crippen LogP contribution in [0.15, 0.2) is 0 Å². The highest BCUT2D eigenvalue weighted by Gasteiger charge is 2.31. The zero-order valence-corrected chi connectivity index (χ0v) is 25.8. The first kappa shape index (κ1) is 36.6. The Labute approximate surface area is 208 Å². The predicted molar refractivity (Wildman–Crippen MR) is 154 cm³/mol. The van der Waals surface area contributed by atoms with Crippen molar-refractivity contribution in [2.45, 2.75) is 180 Å². The molecule has 0 aromatic rings. The lowest BCUT2D eigenvalue weighted by molar-refractivity contribution is 0.132. The second-order valence-corrected chi connectivity index (χ2v) is 11.4. The zero-order valence-electron chi connectivity index (χ0n) is 25.8. The minimum atomic E-state index is 0.611. The van der Waals surface area contributed by atoms with E-state index in [2.05, 4.69) is 96.9 Å². The van der Waals surface area contributed by atoms with Gasteiger partial charge in [-0.2, -0.15) is 0 Å². The van der Waals surface area contributed by atoms with Crippen LogP contribution >= 0.6 is 0 Å². The summed E-state index contributed by atoms with van der Waals surface area (Å²) >= 11 is 0. The fourth-order valence-electron chi connectivity index (χ4n) is 4.96. The van der Waals surface area contributed by atoms with E-state index in [1.807, 2.05) is 0 Å². The predicted octanol–water partition coefficient (Wildman–Crippen LogP) is 12.5. The maximum atomic E-state index is 2.49. The van der Waals surface area contributed by atoms with Gasteiger partial charge in [-0.25, -0.2) is 0 Å². The van der Waals surface area contributed by atoms with Gasteiger partial charge < -0.3 is 0 Å². The summed E-state index contributed by atoms with van der Waals surface area (Å²) in [7, 11) is 0. The molecule has 0 aliphatic rings. The highest BCUT2D eigenvalue weighted by molar-refractivity contribution is 4.82. The minimum absolute atomic E-state index is 0.611. The molecular formula is C32H70. The summed E-state index contributed by atoms with van der Waals surface area (Å²) in [5.74, 6) is 1.81. The van der Waals surface area contributed by atoms with Gasteiger partial charge in [0.05, 0.1) is 0 Å². The molecule has 0 radical (unpaired) electrons. The molecule has 0 aliphatic carbocycles. The van der Waals surface area contributed by atoms with Gasteiger partial charge in [-0.1, -0.05) is 168 Å². The molecule has 0 aromatic carbocycles. The quantitative estimate of drug-likeness (QED) is 0.231. The molecule has 0 aliphatic heterocycles. The molecule has 0 spiro atoms. The van der Waals surface area contributed by atoms with E-state index in [-0.39, 0.29) is 0 Å². The Morgan fingerprint density at radius 2 is 0.656 bits per heavy atom. The van der Waals surface area contributed by atoms with Crippen LogP contribution in [0.25, 0.3) is 0 Å². The van der Waals surface area contributed by atoms with E-state index in [0.717, 1.165) is 11.8 Å². The van der Waals surface area contributed by atoms with Crippen LogP contribution in [0.5, 0.6) is 0 Å². The fraction of sp³-hybridized carbons (Fsp3) is 1.00. The van der Waals surface area contributed by atoms with Gasteiger partial charge >= 0.3 is 0 Å². The lowest BCUT2D eigenvalue weighted by Crippen LogP contribution is -2.26. The van der Waals surface area contributed by atoms with Crippen LogP contribution in [0.3, 0.4) is 0 Å². The molecule has 0 N–H and O–H groups in total. The highest BCUT2D eigenvalue weighted by Crippen LogP contribution is 2.43. The Hall–Kier alpha value is 0. The maximum Gasteiger partial charge on any atom is -0.0303 e. The summed E-state index contributed by atoms with van der Waals surface area (Å²) in [5, 5.41) is 0. The Morgan fingerprint density at radius 3 is 0.750 bits per heavy atom. The SMILES string of the molecule is CCC(C)(CC)CC.CCC(C)CC.CCC(CC)(CC)CC(C)CC(CC)(CC)CC. The zero-order chi connectivity index (χ0) is 25.8. The highest BCUT2D eigenvalue weighted by atomic mass is 14.4. The molecule has 0 heteroatoms. The summed E-state index contributed by atoms with van der Waals surface area (Å²) in [6.45, 7) is 32.7. The lowest BCUT2D eigenvalue weighted by Gasteiger charge is -2.38. The average Bonchev–Trinajstić information content (AvgIpc) is 2.85. The van der Waals surface area contributed by atoms with Crippen molar-refractivity contribution in [3.8, 4) is 0 Å². The van der Waals surface area contributed by atoms with Crippen molar-refractivity contribution in [1.82, 2.24) is 0 Å². The summed E-state index contributed by atoms with van der Waals surface area (Å²) in [6.07, 6.45) is 17.6. The van der Waals surface area contributed by atoms with E-state index in [0.29, 0.717) is 16.2 Å². The second kappa shape index (κ2) is 20.4. The van der Waals surface area contributed by atoms with Gasteiger partial charge in [0.2, 0.25) is 0 Å². The third-order valence-corrected chi connectivity index (χ3v) is 10.0. The second-order valence-electron chi connectivity index (χ2n) is 11.4. The number of hydrogen-bond acceptors (Lipinski definition) is 0. The van der Waals surface area contributed by atoms with Crippen molar-refractivity contribution in [3.63, 3.8) is 0 Å². The van der Waals surface area contributed by atoms with Crippen molar-refractivity contribution in [1.29, 1.82) is 0 Å². The molecule has 0 aromatic heterocycles. The van der Waals surface area contributed by atoms with Crippen LogP contribution in [0.2, 0.25) is 0 Å². The lowest BCUT2D eigenvalue weighted by atomic mass is 9.67. The van der Waals surface area contributed by atoms with E-state index < -0.39 is 0 Å². The van der Waals surface area contributed by atoms with Gasteiger partial charge in [0.15, 0.2) is 0 Å².